The summed E-state index contributed by atoms with van der Waals surface area (Å²) in [4.78, 5) is 22.4. The highest BCUT2D eigenvalue weighted by Crippen LogP contribution is 2.29. The number of rotatable bonds is 7. The van der Waals surface area contributed by atoms with Crippen LogP contribution in [0, 0.1) is 5.41 Å². The van der Waals surface area contributed by atoms with Gasteiger partial charge >= 0.3 is 5.97 Å². The molecule has 21 heavy (non-hydrogen) atoms. The largest absolute Gasteiger partial charge is 0.481 e. The van der Waals surface area contributed by atoms with Gasteiger partial charge in [0, 0.05) is 0 Å². The van der Waals surface area contributed by atoms with Crippen LogP contribution in [0.15, 0.2) is 30.3 Å². The first-order valence-corrected chi connectivity index (χ1v) is 8.07. The molecule has 1 atom stereocenters. The minimum Gasteiger partial charge on any atom is -0.481 e. The van der Waals surface area contributed by atoms with Gasteiger partial charge in [-0.2, -0.15) is 0 Å². The molecule has 0 heterocycles. The minimum atomic E-state index is -0.901. The zero-order chi connectivity index (χ0) is 15.9. The van der Waals surface area contributed by atoms with Crippen LogP contribution in [-0.2, 0) is 9.59 Å². The average Bonchev–Trinajstić information content (AvgIpc) is 2.37. The zero-order valence-corrected chi connectivity index (χ0v) is 13.6. The van der Waals surface area contributed by atoms with Gasteiger partial charge in [0.15, 0.2) is 0 Å². The molecule has 4 nitrogen and oxygen atoms in total. The first-order valence-electron chi connectivity index (χ1n) is 6.92. The van der Waals surface area contributed by atoms with Crippen molar-refractivity contribution in [2.45, 2.75) is 33.2 Å². The maximum Gasteiger partial charge on any atom is 0.313 e. The number of nitrogens with one attached hydrogen (secondary N) is 1. The number of aliphatic carboxylic acids is 1. The summed E-state index contributed by atoms with van der Waals surface area (Å²) in [6.45, 7) is 6.40. The summed E-state index contributed by atoms with van der Waals surface area (Å²) in [6.07, 6.45) is 0.826. The van der Waals surface area contributed by atoms with Crippen LogP contribution in [0.4, 0.5) is 0 Å². The van der Waals surface area contributed by atoms with E-state index >= 15 is 0 Å². The number of carboxylic acid groups (broad SMARTS) is 1. The molecule has 116 valence electrons. The Morgan fingerprint density at radius 2 is 1.81 bits per heavy atom. The molecule has 1 aromatic carbocycles. The monoisotopic (exact) mass is 309 g/mol. The number of carboxylic acids is 1. The minimum absolute atomic E-state index is 0.0517. The Bertz CT molecular complexity index is 468. The van der Waals surface area contributed by atoms with Crippen LogP contribution in [0.25, 0.3) is 0 Å². The van der Waals surface area contributed by atoms with E-state index < -0.39 is 5.97 Å². The van der Waals surface area contributed by atoms with Gasteiger partial charge in [0.05, 0.1) is 17.5 Å². The Hall–Kier alpha value is -1.49. The van der Waals surface area contributed by atoms with Crippen LogP contribution in [0.1, 0.15) is 38.8 Å². The Morgan fingerprint density at radius 1 is 1.19 bits per heavy atom. The van der Waals surface area contributed by atoms with Crippen LogP contribution in [0.2, 0.25) is 0 Å². The maximum atomic E-state index is 12.0. The van der Waals surface area contributed by atoms with Gasteiger partial charge in [-0.3, -0.25) is 9.59 Å². The predicted molar refractivity (Wildman–Crippen MR) is 86.4 cm³/mol. The van der Waals surface area contributed by atoms with Crippen molar-refractivity contribution in [3.8, 4) is 0 Å². The number of thioether (sulfide) groups is 1. The molecule has 0 saturated heterocycles. The summed E-state index contributed by atoms with van der Waals surface area (Å²) in [6, 6.07) is 9.81. The van der Waals surface area contributed by atoms with Crippen LogP contribution < -0.4 is 5.32 Å². The third kappa shape index (κ3) is 7.75. The van der Waals surface area contributed by atoms with Crippen molar-refractivity contribution in [2.75, 3.05) is 11.5 Å². The van der Waals surface area contributed by atoms with E-state index in [4.69, 9.17) is 5.11 Å². The molecule has 1 unspecified atom stereocenters. The molecule has 0 saturated carbocycles. The van der Waals surface area contributed by atoms with Crippen LogP contribution >= 0.6 is 11.8 Å². The fourth-order valence-electron chi connectivity index (χ4n) is 2.02. The topological polar surface area (TPSA) is 66.4 Å². The van der Waals surface area contributed by atoms with E-state index in [0.29, 0.717) is 0 Å². The van der Waals surface area contributed by atoms with E-state index in [1.807, 2.05) is 30.3 Å². The van der Waals surface area contributed by atoms with Crippen molar-refractivity contribution in [1.29, 1.82) is 0 Å². The molecule has 5 heteroatoms. The highest BCUT2D eigenvalue weighted by molar-refractivity contribution is 8.00. The second kappa shape index (κ2) is 8.08. The Balaban J connectivity index is 2.65. The molecule has 0 aromatic heterocycles. The van der Waals surface area contributed by atoms with E-state index in [9.17, 15) is 9.59 Å². The molecule has 0 fully saturated rings. The highest BCUT2D eigenvalue weighted by Gasteiger charge is 2.21. The van der Waals surface area contributed by atoms with Gasteiger partial charge in [-0.05, 0) is 17.4 Å². The molecule has 0 spiro atoms. The quantitative estimate of drug-likeness (QED) is 0.812. The van der Waals surface area contributed by atoms with Gasteiger partial charge in [-0.1, -0.05) is 51.1 Å². The fourth-order valence-corrected chi connectivity index (χ4v) is 2.56. The lowest BCUT2D eigenvalue weighted by Crippen LogP contribution is -2.32. The second-order valence-electron chi connectivity index (χ2n) is 6.18. The van der Waals surface area contributed by atoms with E-state index in [0.717, 1.165) is 23.7 Å². The number of amides is 1. The van der Waals surface area contributed by atoms with Crippen LogP contribution in [0.5, 0.6) is 0 Å². The lowest BCUT2D eigenvalue weighted by Gasteiger charge is -2.27. The van der Waals surface area contributed by atoms with Gasteiger partial charge in [-0.25, -0.2) is 0 Å². The first kappa shape index (κ1) is 17.6. The first-order chi connectivity index (χ1) is 9.78. The molecule has 1 amide bonds. The van der Waals surface area contributed by atoms with Crippen molar-refractivity contribution < 1.29 is 14.7 Å². The van der Waals surface area contributed by atoms with Crippen molar-refractivity contribution >= 4 is 23.6 Å². The molecule has 1 rings (SSSR count). The molecule has 2 N–H and O–H groups in total. The summed E-state index contributed by atoms with van der Waals surface area (Å²) < 4.78 is 0. The number of hydrogen-bond acceptors (Lipinski definition) is 3. The van der Waals surface area contributed by atoms with E-state index in [1.54, 1.807) is 0 Å². The van der Waals surface area contributed by atoms with Gasteiger partial charge < -0.3 is 10.4 Å². The van der Waals surface area contributed by atoms with E-state index in [-0.39, 0.29) is 28.9 Å². The molecule has 0 aliphatic rings. The van der Waals surface area contributed by atoms with Crippen molar-refractivity contribution in [1.82, 2.24) is 5.32 Å². The lowest BCUT2D eigenvalue weighted by atomic mass is 9.85. The molecule has 0 aliphatic carbocycles. The SMILES string of the molecule is CC(C)(C)CC(NC(=O)CSCC(=O)O)c1ccccc1. The third-order valence-electron chi connectivity index (χ3n) is 2.81. The van der Waals surface area contributed by atoms with Crippen LogP contribution in [-0.4, -0.2) is 28.5 Å². The van der Waals surface area contributed by atoms with E-state index in [1.165, 1.54) is 0 Å². The van der Waals surface area contributed by atoms with Gasteiger partial charge in [0.2, 0.25) is 5.91 Å². The third-order valence-corrected chi connectivity index (χ3v) is 3.73. The standard InChI is InChI=1S/C16H23NO3S/c1-16(2,3)9-13(12-7-5-4-6-8-12)17-14(18)10-21-11-15(19)20/h4-8,13H,9-11H2,1-3H3,(H,17,18)(H,19,20). The average molecular weight is 309 g/mol. The van der Waals surface area contributed by atoms with Crippen molar-refractivity contribution in [3.05, 3.63) is 35.9 Å². The van der Waals surface area contributed by atoms with Gasteiger partial charge in [-0.15, -0.1) is 11.8 Å². The molecule has 0 radical (unpaired) electrons. The van der Waals surface area contributed by atoms with Gasteiger partial charge in [0.25, 0.3) is 0 Å². The lowest BCUT2D eigenvalue weighted by molar-refractivity contribution is -0.133. The summed E-state index contributed by atoms with van der Waals surface area (Å²) >= 11 is 1.11. The summed E-state index contributed by atoms with van der Waals surface area (Å²) in [5.74, 6) is -0.913. The maximum absolute atomic E-state index is 12.0. The Morgan fingerprint density at radius 3 is 2.33 bits per heavy atom. The predicted octanol–water partition coefficient (Wildman–Crippen LogP) is 3.10. The number of carbonyl (C=O) groups excluding carboxylic acids is 1. The highest BCUT2D eigenvalue weighted by atomic mass is 32.2. The molecular weight excluding hydrogens is 286 g/mol. The molecule has 0 aliphatic heterocycles. The number of benzene rings is 1. The normalized spacial score (nSPS) is 12.7. The molecule has 0 bridgehead atoms. The summed E-state index contributed by atoms with van der Waals surface area (Å²) in [5.41, 5.74) is 1.16. The fraction of sp³-hybridized carbons (Fsp3) is 0.500. The van der Waals surface area contributed by atoms with Crippen molar-refractivity contribution in [2.24, 2.45) is 5.41 Å². The molecule has 1 aromatic rings. The molecular formula is C16H23NO3S. The van der Waals surface area contributed by atoms with Gasteiger partial charge in [0.1, 0.15) is 0 Å². The Kier molecular flexibility index (Phi) is 6.75. The number of carbonyl (C=O) groups is 2. The summed E-state index contributed by atoms with van der Waals surface area (Å²) in [5, 5.41) is 11.6. The number of hydrogen-bond donors (Lipinski definition) is 2. The van der Waals surface area contributed by atoms with Crippen molar-refractivity contribution in [3.63, 3.8) is 0 Å². The summed E-state index contributed by atoms with van der Waals surface area (Å²) in [7, 11) is 0. The zero-order valence-electron chi connectivity index (χ0n) is 12.8. The second-order valence-corrected chi connectivity index (χ2v) is 7.17. The smallest absolute Gasteiger partial charge is 0.313 e. The van der Waals surface area contributed by atoms with Crippen LogP contribution in [0.3, 0.4) is 0 Å². The van der Waals surface area contributed by atoms with E-state index in [2.05, 4.69) is 26.1 Å². The Labute approximate surface area is 130 Å².